The summed E-state index contributed by atoms with van der Waals surface area (Å²) in [6.07, 6.45) is 1.13. The molecule has 2 N–H and O–H groups in total. The number of amides is 1. The summed E-state index contributed by atoms with van der Waals surface area (Å²) in [7, 11) is 0. The van der Waals surface area contributed by atoms with E-state index in [-0.39, 0.29) is 12.5 Å². The molecule has 0 bridgehead atoms. The molecule has 5 heteroatoms. The highest BCUT2D eigenvalue weighted by molar-refractivity contribution is 6.00. The first-order chi connectivity index (χ1) is 12.5. The molecule has 0 aliphatic carbocycles. The molecular formula is C21H23N3O2. The van der Waals surface area contributed by atoms with Crippen LogP contribution in [-0.4, -0.2) is 33.4 Å². The lowest BCUT2D eigenvalue weighted by Gasteiger charge is -2.08. The van der Waals surface area contributed by atoms with Crippen LogP contribution in [0.3, 0.4) is 0 Å². The summed E-state index contributed by atoms with van der Waals surface area (Å²) in [4.78, 5) is 12.7. The topological polar surface area (TPSA) is 67.2 Å². The van der Waals surface area contributed by atoms with Crippen LogP contribution in [0.5, 0.6) is 0 Å². The zero-order valence-corrected chi connectivity index (χ0v) is 15.2. The Bertz CT molecular complexity index is 914. The second-order valence-corrected chi connectivity index (χ2v) is 6.53. The maximum absolute atomic E-state index is 12.7. The molecule has 134 valence electrons. The molecule has 2 aromatic carbocycles. The first kappa shape index (κ1) is 17.9. The molecule has 1 amide bonds. The van der Waals surface area contributed by atoms with Gasteiger partial charge in [0, 0.05) is 18.3 Å². The van der Waals surface area contributed by atoms with Crippen LogP contribution in [0.25, 0.3) is 16.9 Å². The molecule has 5 nitrogen and oxygen atoms in total. The predicted octanol–water partition coefficient (Wildman–Crippen LogP) is 3.27. The number of aromatic nitrogens is 2. The molecule has 0 fully saturated rings. The number of aliphatic hydroxyl groups excluding tert-OH is 1. The van der Waals surface area contributed by atoms with Crippen molar-refractivity contribution in [3.8, 4) is 16.9 Å². The number of nitrogens with zero attached hydrogens (tertiary/aromatic N) is 2. The molecule has 26 heavy (non-hydrogen) atoms. The van der Waals surface area contributed by atoms with Crippen LogP contribution in [-0.2, 0) is 0 Å². The van der Waals surface area contributed by atoms with E-state index in [1.807, 2.05) is 55.5 Å². The van der Waals surface area contributed by atoms with Gasteiger partial charge in [-0.3, -0.25) is 4.79 Å². The summed E-state index contributed by atoms with van der Waals surface area (Å²) in [6.45, 7) is 5.93. The van der Waals surface area contributed by atoms with E-state index in [1.54, 1.807) is 17.8 Å². The maximum Gasteiger partial charge on any atom is 0.255 e. The zero-order chi connectivity index (χ0) is 18.7. The van der Waals surface area contributed by atoms with E-state index in [4.69, 9.17) is 0 Å². The number of hydrogen-bond donors (Lipinski definition) is 2. The summed E-state index contributed by atoms with van der Waals surface area (Å²) in [5, 5.41) is 16.9. The van der Waals surface area contributed by atoms with Crippen molar-refractivity contribution in [3.05, 3.63) is 71.4 Å². The predicted molar refractivity (Wildman–Crippen MR) is 102 cm³/mol. The molecule has 0 aliphatic heterocycles. The lowest BCUT2D eigenvalue weighted by molar-refractivity contribution is 0.0924. The van der Waals surface area contributed by atoms with Gasteiger partial charge in [-0.25, -0.2) is 4.68 Å². The van der Waals surface area contributed by atoms with Gasteiger partial charge in [0.2, 0.25) is 0 Å². The SMILES string of the molecule is Cc1ccc(-c2nn(-c3ccccc3)cc2C(=O)NCC(C)O)cc1C. The van der Waals surface area contributed by atoms with Crippen molar-refractivity contribution in [1.82, 2.24) is 15.1 Å². The van der Waals surface area contributed by atoms with E-state index in [2.05, 4.69) is 17.3 Å². The highest BCUT2D eigenvalue weighted by Gasteiger charge is 2.19. The average Bonchev–Trinajstić information content (AvgIpc) is 3.08. The summed E-state index contributed by atoms with van der Waals surface area (Å²) in [5.74, 6) is -0.249. The summed E-state index contributed by atoms with van der Waals surface area (Å²) < 4.78 is 1.71. The van der Waals surface area contributed by atoms with Crippen LogP contribution in [0.2, 0.25) is 0 Å². The second-order valence-electron chi connectivity index (χ2n) is 6.53. The van der Waals surface area contributed by atoms with Gasteiger partial charge in [-0.2, -0.15) is 5.10 Å². The molecule has 0 spiro atoms. The van der Waals surface area contributed by atoms with Crippen molar-refractivity contribution >= 4 is 5.91 Å². The molecule has 3 aromatic rings. The fourth-order valence-electron chi connectivity index (χ4n) is 2.69. The zero-order valence-electron chi connectivity index (χ0n) is 15.2. The smallest absolute Gasteiger partial charge is 0.255 e. The Morgan fingerprint density at radius 1 is 1.15 bits per heavy atom. The Balaban J connectivity index is 2.06. The fraction of sp³-hybridized carbons (Fsp3) is 0.238. The number of benzene rings is 2. The Morgan fingerprint density at radius 2 is 1.88 bits per heavy atom. The number of hydrogen-bond acceptors (Lipinski definition) is 3. The van der Waals surface area contributed by atoms with Gasteiger partial charge in [-0.05, 0) is 50.1 Å². The Labute approximate surface area is 153 Å². The molecule has 3 rings (SSSR count). The largest absolute Gasteiger partial charge is 0.392 e. The molecule has 0 aliphatic rings. The second kappa shape index (κ2) is 7.54. The summed E-state index contributed by atoms with van der Waals surface area (Å²) >= 11 is 0. The van der Waals surface area contributed by atoms with Crippen LogP contribution in [0.15, 0.2) is 54.7 Å². The number of aryl methyl sites for hydroxylation is 2. The van der Waals surface area contributed by atoms with E-state index in [0.29, 0.717) is 11.3 Å². The Hall–Kier alpha value is -2.92. The standard InChI is InChI=1S/C21H23N3O2/c1-14-9-10-17(11-15(14)2)20-19(21(26)22-12-16(3)25)13-24(23-20)18-7-5-4-6-8-18/h4-11,13,16,25H,12H2,1-3H3,(H,22,26). The molecule has 1 atom stereocenters. The van der Waals surface area contributed by atoms with Crippen molar-refractivity contribution in [2.75, 3.05) is 6.54 Å². The number of rotatable bonds is 5. The van der Waals surface area contributed by atoms with Gasteiger partial charge in [0.1, 0.15) is 5.69 Å². The normalized spacial score (nSPS) is 12.0. The molecule has 1 heterocycles. The first-order valence-electron chi connectivity index (χ1n) is 8.64. The third-order valence-corrected chi connectivity index (χ3v) is 4.32. The van der Waals surface area contributed by atoms with Crippen molar-refractivity contribution in [2.45, 2.75) is 26.9 Å². The quantitative estimate of drug-likeness (QED) is 0.743. The van der Waals surface area contributed by atoms with Gasteiger partial charge in [-0.1, -0.05) is 30.3 Å². The van der Waals surface area contributed by atoms with Crippen molar-refractivity contribution in [2.24, 2.45) is 0 Å². The van der Waals surface area contributed by atoms with Gasteiger partial charge in [0.25, 0.3) is 5.91 Å². The van der Waals surface area contributed by atoms with Gasteiger partial charge in [0.05, 0.1) is 17.4 Å². The van der Waals surface area contributed by atoms with Gasteiger partial charge >= 0.3 is 0 Å². The number of carbonyl (C=O) groups excluding carboxylic acids is 1. The van der Waals surface area contributed by atoms with Crippen molar-refractivity contribution in [1.29, 1.82) is 0 Å². The minimum absolute atomic E-state index is 0.196. The molecule has 0 saturated carbocycles. The molecule has 1 aromatic heterocycles. The van der Waals surface area contributed by atoms with Crippen molar-refractivity contribution in [3.63, 3.8) is 0 Å². The van der Waals surface area contributed by atoms with Crippen LogP contribution in [0.1, 0.15) is 28.4 Å². The number of nitrogens with one attached hydrogen (secondary N) is 1. The van der Waals surface area contributed by atoms with Crippen LogP contribution < -0.4 is 5.32 Å². The highest BCUT2D eigenvalue weighted by Crippen LogP contribution is 2.25. The van der Waals surface area contributed by atoms with Gasteiger partial charge < -0.3 is 10.4 Å². The third-order valence-electron chi connectivity index (χ3n) is 4.32. The Kier molecular flexibility index (Phi) is 5.19. The lowest BCUT2D eigenvalue weighted by atomic mass is 10.0. The first-order valence-corrected chi connectivity index (χ1v) is 8.64. The number of carbonyl (C=O) groups is 1. The molecule has 1 unspecified atom stereocenters. The molecular weight excluding hydrogens is 326 g/mol. The minimum atomic E-state index is -0.604. The monoisotopic (exact) mass is 349 g/mol. The highest BCUT2D eigenvalue weighted by atomic mass is 16.3. The van der Waals surface area contributed by atoms with E-state index in [0.717, 1.165) is 16.8 Å². The minimum Gasteiger partial charge on any atom is -0.392 e. The maximum atomic E-state index is 12.7. The number of aliphatic hydroxyl groups is 1. The van der Waals surface area contributed by atoms with Crippen molar-refractivity contribution < 1.29 is 9.90 Å². The average molecular weight is 349 g/mol. The van der Waals surface area contributed by atoms with Crippen LogP contribution in [0.4, 0.5) is 0 Å². The van der Waals surface area contributed by atoms with E-state index >= 15 is 0 Å². The third kappa shape index (κ3) is 3.83. The fourth-order valence-corrected chi connectivity index (χ4v) is 2.69. The number of para-hydroxylation sites is 1. The molecule has 0 saturated heterocycles. The summed E-state index contributed by atoms with van der Waals surface area (Å²) in [6, 6.07) is 15.7. The van der Waals surface area contributed by atoms with Gasteiger partial charge in [-0.15, -0.1) is 0 Å². The lowest BCUT2D eigenvalue weighted by Crippen LogP contribution is -2.30. The van der Waals surface area contributed by atoms with Gasteiger partial charge in [0.15, 0.2) is 0 Å². The van der Waals surface area contributed by atoms with Crippen LogP contribution in [0, 0.1) is 13.8 Å². The Morgan fingerprint density at radius 3 is 2.54 bits per heavy atom. The van der Waals surface area contributed by atoms with E-state index < -0.39 is 6.10 Å². The molecule has 0 radical (unpaired) electrons. The summed E-state index contributed by atoms with van der Waals surface area (Å²) in [5.41, 5.74) is 5.22. The van der Waals surface area contributed by atoms with E-state index in [1.165, 1.54) is 5.56 Å². The van der Waals surface area contributed by atoms with Crippen LogP contribution >= 0.6 is 0 Å². The van der Waals surface area contributed by atoms with E-state index in [9.17, 15) is 9.90 Å².